The summed E-state index contributed by atoms with van der Waals surface area (Å²) in [5, 5.41) is 4.08. The molecule has 2 aromatic heterocycles. The SMILES string of the molecule is Cc1ccc2nc(C(F)(F)F)c(C(C)N3CC(C=C(F)F)CC3=O)n2n1. The van der Waals surface area contributed by atoms with Crippen LogP contribution in [0.25, 0.3) is 5.65 Å². The van der Waals surface area contributed by atoms with E-state index in [-0.39, 0.29) is 24.3 Å². The summed E-state index contributed by atoms with van der Waals surface area (Å²) in [5.41, 5.74) is -0.936. The van der Waals surface area contributed by atoms with Crippen LogP contribution in [0.5, 0.6) is 0 Å². The number of nitrogens with zero attached hydrogens (tertiary/aromatic N) is 4. The fraction of sp³-hybridized carbons (Fsp3) is 0.438. The van der Waals surface area contributed by atoms with Crippen LogP contribution >= 0.6 is 0 Å². The maximum absolute atomic E-state index is 13.5. The van der Waals surface area contributed by atoms with Crippen LogP contribution in [0.15, 0.2) is 24.3 Å². The summed E-state index contributed by atoms with van der Waals surface area (Å²) in [6.45, 7) is 2.94. The van der Waals surface area contributed by atoms with E-state index in [2.05, 4.69) is 10.1 Å². The molecule has 3 rings (SSSR count). The summed E-state index contributed by atoms with van der Waals surface area (Å²) in [4.78, 5) is 17.0. The van der Waals surface area contributed by atoms with E-state index >= 15 is 0 Å². The summed E-state index contributed by atoms with van der Waals surface area (Å²) in [6, 6.07) is 1.91. The molecule has 1 fully saturated rings. The van der Waals surface area contributed by atoms with Crippen molar-refractivity contribution in [3.8, 4) is 0 Å². The number of aryl methyl sites for hydroxylation is 1. The number of amides is 1. The molecule has 2 atom stereocenters. The first-order valence-electron chi connectivity index (χ1n) is 7.83. The minimum Gasteiger partial charge on any atom is -0.334 e. The molecule has 10 heteroatoms. The maximum Gasteiger partial charge on any atom is 0.435 e. The van der Waals surface area contributed by atoms with Crippen LogP contribution < -0.4 is 0 Å². The van der Waals surface area contributed by atoms with Gasteiger partial charge in [-0.1, -0.05) is 0 Å². The third-order valence-corrected chi connectivity index (χ3v) is 4.33. The number of imidazole rings is 1. The minimum atomic E-state index is -4.74. The second kappa shape index (κ2) is 6.33. The molecule has 26 heavy (non-hydrogen) atoms. The summed E-state index contributed by atoms with van der Waals surface area (Å²) >= 11 is 0. The number of hydrogen-bond acceptors (Lipinski definition) is 3. The number of hydrogen-bond donors (Lipinski definition) is 0. The minimum absolute atomic E-state index is 0.00247. The van der Waals surface area contributed by atoms with Crippen LogP contribution in [0, 0.1) is 12.8 Å². The largest absolute Gasteiger partial charge is 0.435 e. The number of halogens is 5. The van der Waals surface area contributed by atoms with Crippen molar-refractivity contribution in [3.05, 3.63) is 41.4 Å². The Morgan fingerprint density at radius 1 is 1.35 bits per heavy atom. The molecule has 2 aromatic rings. The molecule has 1 aliphatic heterocycles. The molecule has 0 radical (unpaired) electrons. The Morgan fingerprint density at radius 2 is 2.04 bits per heavy atom. The zero-order valence-corrected chi connectivity index (χ0v) is 13.9. The quantitative estimate of drug-likeness (QED) is 0.769. The van der Waals surface area contributed by atoms with Crippen LogP contribution in [0.4, 0.5) is 22.0 Å². The van der Waals surface area contributed by atoms with Crippen molar-refractivity contribution >= 4 is 11.6 Å². The van der Waals surface area contributed by atoms with Crippen LogP contribution in [0.2, 0.25) is 0 Å². The zero-order valence-electron chi connectivity index (χ0n) is 13.9. The van der Waals surface area contributed by atoms with E-state index in [1.807, 2.05) is 0 Å². The molecule has 140 valence electrons. The first-order chi connectivity index (χ1) is 12.1. The van der Waals surface area contributed by atoms with Crippen LogP contribution in [0.3, 0.4) is 0 Å². The third kappa shape index (κ3) is 3.27. The summed E-state index contributed by atoms with van der Waals surface area (Å²) in [5.74, 6) is -1.23. The molecule has 1 amide bonds. The Hall–Kier alpha value is -2.52. The van der Waals surface area contributed by atoms with Gasteiger partial charge in [-0.05, 0) is 32.1 Å². The lowest BCUT2D eigenvalue weighted by molar-refractivity contribution is -0.143. The van der Waals surface area contributed by atoms with Crippen molar-refractivity contribution < 1.29 is 26.7 Å². The molecule has 0 aromatic carbocycles. The molecule has 0 saturated carbocycles. The van der Waals surface area contributed by atoms with Gasteiger partial charge in [0.05, 0.1) is 17.4 Å². The van der Waals surface area contributed by atoms with E-state index in [4.69, 9.17) is 0 Å². The lowest BCUT2D eigenvalue weighted by atomic mass is 10.1. The van der Waals surface area contributed by atoms with Crippen molar-refractivity contribution in [2.45, 2.75) is 32.5 Å². The van der Waals surface area contributed by atoms with Crippen molar-refractivity contribution in [1.29, 1.82) is 0 Å². The normalized spacial score (nSPS) is 19.3. The molecular formula is C16H15F5N4O. The van der Waals surface area contributed by atoms with Crippen molar-refractivity contribution in [3.63, 3.8) is 0 Å². The zero-order chi connectivity index (χ0) is 19.2. The maximum atomic E-state index is 13.5. The van der Waals surface area contributed by atoms with Crippen molar-refractivity contribution in [2.24, 2.45) is 5.92 Å². The number of rotatable bonds is 3. The van der Waals surface area contributed by atoms with E-state index in [1.54, 1.807) is 6.92 Å². The summed E-state index contributed by atoms with van der Waals surface area (Å²) in [7, 11) is 0. The summed E-state index contributed by atoms with van der Waals surface area (Å²) < 4.78 is 66.4. The predicted octanol–water partition coefficient (Wildman–Crippen LogP) is 3.75. The molecule has 1 saturated heterocycles. The van der Waals surface area contributed by atoms with Crippen LogP contribution in [0.1, 0.15) is 36.5 Å². The van der Waals surface area contributed by atoms with Gasteiger partial charge in [-0.2, -0.15) is 27.1 Å². The fourth-order valence-corrected chi connectivity index (χ4v) is 3.20. The number of carbonyl (C=O) groups is 1. The molecular weight excluding hydrogens is 359 g/mol. The van der Waals surface area contributed by atoms with Crippen molar-refractivity contribution in [1.82, 2.24) is 19.5 Å². The smallest absolute Gasteiger partial charge is 0.334 e. The Kier molecular flexibility index (Phi) is 4.45. The van der Waals surface area contributed by atoms with Gasteiger partial charge in [0.25, 0.3) is 6.08 Å². The lowest BCUT2D eigenvalue weighted by Crippen LogP contribution is -2.31. The average Bonchev–Trinajstić information content (AvgIpc) is 3.06. The van der Waals surface area contributed by atoms with Crippen molar-refractivity contribution in [2.75, 3.05) is 6.54 Å². The highest BCUT2D eigenvalue weighted by molar-refractivity contribution is 5.79. The van der Waals surface area contributed by atoms with Gasteiger partial charge in [0.2, 0.25) is 5.91 Å². The molecule has 0 aliphatic carbocycles. The van der Waals surface area contributed by atoms with Gasteiger partial charge in [0, 0.05) is 18.9 Å². The standard InChI is InChI=1S/C16H15F5N4O/c1-8-3-4-12-22-15(16(19,20)21)14(25(12)23-8)9(2)24-7-10(5-11(17)18)6-13(24)26/h3-5,9-10H,6-7H2,1-2H3. The monoisotopic (exact) mass is 374 g/mol. The third-order valence-electron chi connectivity index (χ3n) is 4.33. The van der Waals surface area contributed by atoms with Gasteiger partial charge < -0.3 is 4.90 Å². The molecule has 2 unspecified atom stereocenters. The second-order valence-electron chi connectivity index (χ2n) is 6.23. The Labute approximate surface area is 145 Å². The van der Waals surface area contributed by atoms with Gasteiger partial charge in [-0.15, -0.1) is 0 Å². The van der Waals surface area contributed by atoms with Gasteiger partial charge in [0.1, 0.15) is 0 Å². The highest BCUT2D eigenvalue weighted by atomic mass is 19.4. The topological polar surface area (TPSA) is 50.5 Å². The first kappa shape index (κ1) is 18.3. The van der Waals surface area contributed by atoms with E-state index in [0.29, 0.717) is 11.8 Å². The van der Waals surface area contributed by atoms with Gasteiger partial charge in [-0.25, -0.2) is 9.50 Å². The molecule has 0 N–H and O–H groups in total. The predicted molar refractivity (Wildman–Crippen MR) is 81.3 cm³/mol. The Balaban J connectivity index is 2.07. The summed E-state index contributed by atoms with van der Waals surface area (Å²) in [6.07, 6.45) is -6.17. The molecule has 0 bridgehead atoms. The number of likely N-dealkylation sites (tertiary alicyclic amines) is 1. The van der Waals surface area contributed by atoms with E-state index in [0.717, 1.165) is 9.42 Å². The first-order valence-corrected chi connectivity index (χ1v) is 7.83. The Morgan fingerprint density at radius 3 is 2.65 bits per heavy atom. The Bertz CT molecular complexity index is 885. The lowest BCUT2D eigenvalue weighted by Gasteiger charge is -2.25. The molecule has 1 aliphatic rings. The number of fused-ring (bicyclic) bond motifs is 1. The number of alkyl halides is 3. The van der Waals surface area contributed by atoms with Gasteiger partial charge >= 0.3 is 6.18 Å². The second-order valence-corrected chi connectivity index (χ2v) is 6.23. The highest BCUT2D eigenvalue weighted by Gasteiger charge is 2.43. The molecule has 0 spiro atoms. The van der Waals surface area contributed by atoms with Gasteiger partial charge in [-0.3, -0.25) is 4.79 Å². The van der Waals surface area contributed by atoms with Crippen LogP contribution in [-0.2, 0) is 11.0 Å². The van der Waals surface area contributed by atoms with Crippen LogP contribution in [-0.4, -0.2) is 31.9 Å². The average molecular weight is 374 g/mol. The van der Waals surface area contributed by atoms with E-state index in [9.17, 15) is 26.7 Å². The molecule has 5 nitrogen and oxygen atoms in total. The van der Waals surface area contributed by atoms with Gasteiger partial charge in [0.15, 0.2) is 11.3 Å². The highest BCUT2D eigenvalue weighted by Crippen LogP contribution is 2.38. The molecule has 3 heterocycles. The fourth-order valence-electron chi connectivity index (χ4n) is 3.20. The van der Waals surface area contributed by atoms with E-state index < -0.39 is 35.8 Å². The van der Waals surface area contributed by atoms with E-state index in [1.165, 1.54) is 19.1 Å². The number of aromatic nitrogens is 3. The number of carbonyl (C=O) groups excluding carboxylic acids is 1.